The molecule has 7 nitrogen and oxygen atoms in total. The molecule has 2 aliphatic heterocycles. The van der Waals surface area contributed by atoms with Gasteiger partial charge in [-0.2, -0.15) is 5.10 Å². The van der Waals surface area contributed by atoms with E-state index in [1.165, 1.54) is 0 Å². The molecule has 0 aliphatic carbocycles. The lowest BCUT2D eigenvalue weighted by molar-refractivity contribution is -0.141. The highest BCUT2D eigenvalue weighted by Crippen LogP contribution is 2.29. The maximum Gasteiger partial charge on any atom is 0.227 e. The Kier molecular flexibility index (Phi) is 5.43. The lowest BCUT2D eigenvalue weighted by atomic mass is 9.89. The normalized spacial score (nSPS) is 22.5. The Morgan fingerprint density at radius 3 is 2.46 bits per heavy atom. The number of carbonyl (C=O) groups excluding carboxylic acids is 2. The largest absolute Gasteiger partial charge is 0.339 e. The number of hydrogen-bond acceptors (Lipinski definition) is 4. The zero-order chi connectivity index (χ0) is 19.5. The van der Waals surface area contributed by atoms with E-state index in [2.05, 4.69) is 10.4 Å². The van der Waals surface area contributed by atoms with Crippen LogP contribution >= 0.6 is 0 Å². The maximum atomic E-state index is 13.1. The highest BCUT2D eigenvalue weighted by molar-refractivity contribution is 5.82. The maximum absolute atomic E-state index is 13.1. The quantitative estimate of drug-likeness (QED) is 0.844. The molecule has 28 heavy (non-hydrogen) atoms. The smallest absolute Gasteiger partial charge is 0.227 e. The lowest BCUT2D eigenvalue weighted by Gasteiger charge is -2.36. The van der Waals surface area contributed by atoms with Crippen LogP contribution < -0.4 is 5.32 Å². The minimum Gasteiger partial charge on any atom is -0.339 e. The third kappa shape index (κ3) is 3.94. The van der Waals surface area contributed by atoms with Crippen molar-refractivity contribution in [1.29, 1.82) is 0 Å². The molecule has 0 radical (unpaired) electrons. The number of piperazine rings is 1. The van der Waals surface area contributed by atoms with Crippen LogP contribution in [0.2, 0.25) is 0 Å². The molecule has 4 rings (SSSR count). The van der Waals surface area contributed by atoms with Gasteiger partial charge in [0.15, 0.2) is 0 Å². The van der Waals surface area contributed by atoms with Gasteiger partial charge >= 0.3 is 0 Å². The van der Waals surface area contributed by atoms with Gasteiger partial charge in [-0.15, -0.1) is 0 Å². The van der Waals surface area contributed by atoms with Crippen molar-refractivity contribution in [3.63, 3.8) is 0 Å². The number of hydrogen-bond donors (Lipinski definition) is 1. The Labute approximate surface area is 165 Å². The average molecular weight is 381 g/mol. The summed E-state index contributed by atoms with van der Waals surface area (Å²) in [6.45, 7) is 3.93. The predicted molar refractivity (Wildman–Crippen MR) is 106 cm³/mol. The van der Waals surface area contributed by atoms with E-state index in [0.717, 1.165) is 17.7 Å². The van der Waals surface area contributed by atoms with Crippen LogP contribution in [-0.4, -0.2) is 70.7 Å². The SMILES string of the molecule is Cn1cc([C@H]2CNC[C@@H]2C(=O)N2CCN(C(=O)Cc3ccccc3)CC2)cn1. The molecular formula is C21H27N5O2. The zero-order valence-corrected chi connectivity index (χ0v) is 16.3. The molecule has 2 aliphatic rings. The summed E-state index contributed by atoms with van der Waals surface area (Å²) in [6, 6.07) is 9.81. The van der Waals surface area contributed by atoms with E-state index in [0.29, 0.717) is 39.1 Å². The molecule has 2 saturated heterocycles. The molecule has 2 atom stereocenters. The second kappa shape index (κ2) is 8.14. The Hall–Kier alpha value is -2.67. The van der Waals surface area contributed by atoms with E-state index in [-0.39, 0.29) is 23.7 Å². The molecule has 148 valence electrons. The van der Waals surface area contributed by atoms with Gasteiger partial charge in [0.05, 0.1) is 18.5 Å². The molecule has 2 amide bonds. The van der Waals surface area contributed by atoms with Crippen molar-refractivity contribution in [3.8, 4) is 0 Å². The number of benzene rings is 1. The zero-order valence-electron chi connectivity index (χ0n) is 16.3. The molecule has 3 heterocycles. The van der Waals surface area contributed by atoms with Crippen LogP contribution in [0.25, 0.3) is 0 Å². The van der Waals surface area contributed by atoms with Crippen LogP contribution in [-0.2, 0) is 23.1 Å². The van der Waals surface area contributed by atoms with E-state index >= 15 is 0 Å². The second-order valence-electron chi connectivity index (χ2n) is 7.69. The molecule has 0 saturated carbocycles. The molecule has 2 aromatic rings. The van der Waals surface area contributed by atoms with Crippen LogP contribution in [0.15, 0.2) is 42.7 Å². The standard InChI is InChI=1S/C21H27N5O2/c1-24-15-17(12-23-24)18-13-22-14-19(18)21(28)26-9-7-25(8-10-26)20(27)11-16-5-3-2-4-6-16/h2-6,12,15,18-19,22H,7-11,13-14H2,1H3/t18-,19+/m1/s1. The van der Waals surface area contributed by atoms with Crippen LogP contribution in [0.5, 0.6) is 0 Å². The minimum atomic E-state index is -0.0595. The van der Waals surface area contributed by atoms with E-state index in [4.69, 9.17) is 0 Å². The molecule has 0 bridgehead atoms. The van der Waals surface area contributed by atoms with Gasteiger partial charge in [0.1, 0.15) is 0 Å². The fourth-order valence-electron chi connectivity index (χ4n) is 4.21. The van der Waals surface area contributed by atoms with Gasteiger partial charge in [-0.3, -0.25) is 14.3 Å². The summed E-state index contributed by atoms with van der Waals surface area (Å²) in [6.07, 6.45) is 4.28. The first-order valence-electron chi connectivity index (χ1n) is 9.91. The molecule has 1 aromatic carbocycles. The number of aromatic nitrogens is 2. The van der Waals surface area contributed by atoms with Crippen molar-refractivity contribution < 1.29 is 9.59 Å². The van der Waals surface area contributed by atoms with E-state index in [1.54, 1.807) is 4.68 Å². The molecule has 0 spiro atoms. The molecule has 1 N–H and O–H groups in total. The van der Waals surface area contributed by atoms with Gasteiger partial charge in [-0.25, -0.2) is 0 Å². The van der Waals surface area contributed by atoms with Crippen molar-refractivity contribution in [1.82, 2.24) is 24.9 Å². The highest BCUT2D eigenvalue weighted by Gasteiger charge is 2.38. The average Bonchev–Trinajstić information content (AvgIpc) is 3.37. The number of amides is 2. The fourth-order valence-corrected chi connectivity index (χ4v) is 4.21. The first-order chi connectivity index (χ1) is 13.6. The fraction of sp³-hybridized carbons (Fsp3) is 0.476. The van der Waals surface area contributed by atoms with E-state index < -0.39 is 0 Å². The van der Waals surface area contributed by atoms with Gasteiger partial charge in [0, 0.05) is 58.4 Å². The van der Waals surface area contributed by atoms with Gasteiger partial charge in [-0.1, -0.05) is 30.3 Å². The van der Waals surface area contributed by atoms with E-state index in [1.807, 2.05) is 59.6 Å². The Bertz CT molecular complexity index is 826. The summed E-state index contributed by atoms with van der Waals surface area (Å²) in [7, 11) is 1.90. The molecule has 0 unspecified atom stereocenters. The van der Waals surface area contributed by atoms with Crippen LogP contribution in [0.4, 0.5) is 0 Å². The summed E-state index contributed by atoms with van der Waals surface area (Å²) in [5, 5.41) is 7.61. The Morgan fingerprint density at radius 1 is 1.07 bits per heavy atom. The number of aryl methyl sites for hydroxylation is 1. The summed E-state index contributed by atoms with van der Waals surface area (Å²) in [5.41, 5.74) is 2.14. The van der Waals surface area contributed by atoms with Crippen molar-refractivity contribution in [2.75, 3.05) is 39.3 Å². The third-order valence-corrected chi connectivity index (χ3v) is 5.83. The Balaban J connectivity index is 1.33. The van der Waals surface area contributed by atoms with Gasteiger partial charge in [0.25, 0.3) is 0 Å². The number of nitrogens with zero attached hydrogens (tertiary/aromatic N) is 4. The molecule has 2 fully saturated rings. The predicted octanol–water partition coefficient (Wildman–Crippen LogP) is 0.637. The minimum absolute atomic E-state index is 0.0595. The second-order valence-corrected chi connectivity index (χ2v) is 7.69. The summed E-state index contributed by atoms with van der Waals surface area (Å²) < 4.78 is 1.78. The summed E-state index contributed by atoms with van der Waals surface area (Å²) >= 11 is 0. The van der Waals surface area contributed by atoms with Crippen molar-refractivity contribution >= 4 is 11.8 Å². The first-order valence-corrected chi connectivity index (χ1v) is 9.91. The number of nitrogens with one attached hydrogen (secondary N) is 1. The van der Waals surface area contributed by atoms with Gasteiger partial charge in [0.2, 0.25) is 11.8 Å². The highest BCUT2D eigenvalue weighted by atomic mass is 16.2. The van der Waals surface area contributed by atoms with Crippen molar-refractivity contribution in [3.05, 3.63) is 53.9 Å². The summed E-state index contributed by atoms with van der Waals surface area (Å²) in [4.78, 5) is 29.5. The summed E-state index contributed by atoms with van der Waals surface area (Å²) in [5.74, 6) is 0.429. The van der Waals surface area contributed by atoms with Crippen LogP contribution in [0.1, 0.15) is 17.0 Å². The van der Waals surface area contributed by atoms with Gasteiger partial charge in [-0.05, 0) is 11.1 Å². The van der Waals surface area contributed by atoms with Crippen LogP contribution in [0.3, 0.4) is 0 Å². The monoisotopic (exact) mass is 381 g/mol. The third-order valence-electron chi connectivity index (χ3n) is 5.83. The van der Waals surface area contributed by atoms with Crippen molar-refractivity contribution in [2.24, 2.45) is 13.0 Å². The van der Waals surface area contributed by atoms with Crippen molar-refractivity contribution in [2.45, 2.75) is 12.3 Å². The first kappa shape index (κ1) is 18.7. The molecule has 1 aromatic heterocycles. The lowest BCUT2D eigenvalue weighted by Crippen LogP contribution is -2.52. The molecular weight excluding hydrogens is 354 g/mol. The number of carbonyl (C=O) groups is 2. The Morgan fingerprint density at radius 2 is 1.79 bits per heavy atom. The number of rotatable bonds is 4. The van der Waals surface area contributed by atoms with Crippen LogP contribution in [0, 0.1) is 5.92 Å². The van der Waals surface area contributed by atoms with E-state index in [9.17, 15) is 9.59 Å². The molecule has 7 heteroatoms. The van der Waals surface area contributed by atoms with Gasteiger partial charge < -0.3 is 15.1 Å². The topological polar surface area (TPSA) is 70.5 Å².